The van der Waals surface area contributed by atoms with E-state index in [1.165, 1.54) is 12.8 Å². The maximum Gasteiger partial charge on any atom is 0.146 e. The van der Waals surface area contributed by atoms with Gasteiger partial charge in [0.15, 0.2) is 0 Å². The molecule has 0 aliphatic heterocycles. The van der Waals surface area contributed by atoms with E-state index in [-0.39, 0.29) is 0 Å². The van der Waals surface area contributed by atoms with Crippen LogP contribution in [0.2, 0.25) is 0 Å². The Balaban J connectivity index is 1.64. The summed E-state index contributed by atoms with van der Waals surface area (Å²) in [5, 5.41) is 18.8. The molecule has 0 atom stereocenters. The Kier molecular flexibility index (Phi) is 3.32. The lowest BCUT2D eigenvalue weighted by Crippen LogP contribution is -2.19. The minimum atomic E-state index is 0.641. The summed E-state index contributed by atoms with van der Waals surface area (Å²) < 4.78 is 2.14. The summed E-state index contributed by atoms with van der Waals surface area (Å²) in [5.41, 5.74) is 0. The number of hydrogen-bond donors (Lipinski definition) is 0. The Morgan fingerprint density at radius 2 is 2.00 bits per heavy atom. The molecule has 0 unspecified atom stereocenters. The van der Waals surface area contributed by atoms with Crippen molar-refractivity contribution >= 4 is 11.3 Å². The molecule has 6 nitrogen and oxygen atoms in total. The van der Waals surface area contributed by atoms with E-state index >= 15 is 0 Å². The lowest BCUT2D eigenvalue weighted by molar-refractivity contribution is 0.305. The molecule has 3 rings (SSSR count). The Morgan fingerprint density at radius 3 is 2.63 bits per heavy atom. The van der Waals surface area contributed by atoms with Crippen molar-refractivity contribution in [3.63, 3.8) is 0 Å². The standard InChI is InChI=1S/C12H18N6S/c1-8-13-15-11(19-8)7-17(2)6-10-14-16-12(18(10)3)9-4-5-9/h9H,4-7H2,1-3H3. The highest BCUT2D eigenvalue weighted by molar-refractivity contribution is 7.11. The molecular formula is C12H18N6S. The lowest BCUT2D eigenvalue weighted by Gasteiger charge is -2.14. The summed E-state index contributed by atoms with van der Waals surface area (Å²) in [6.45, 7) is 3.57. The molecule has 19 heavy (non-hydrogen) atoms. The van der Waals surface area contributed by atoms with E-state index in [9.17, 15) is 0 Å². The highest BCUT2D eigenvalue weighted by Crippen LogP contribution is 2.38. The molecule has 0 aromatic carbocycles. The van der Waals surface area contributed by atoms with Gasteiger partial charge >= 0.3 is 0 Å². The van der Waals surface area contributed by atoms with Crippen LogP contribution >= 0.6 is 11.3 Å². The van der Waals surface area contributed by atoms with Gasteiger partial charge in [0, 0.05) is 13.0 Å². The second-order valence-corrected chi connectivity index (χ2v) is 6.46. The van der Waals surface area contributed by atoms with Crippen molar-refractivity contribution in [2.45, 2.75) is 38.8 Å². The topological polar surface area (TPSA) is 59.7 Å². The predicted octanol–water partition coefficient (Wildman–Crippen LogP) is 1.48. The molecule has 0 bridgehead atoms. The summed E-state index contributed by atoms with van der Waals surface area (Å²) >= 11 is 1.64. The first kappa shape index (κ1) is 12.7. The molecule has 1 saturated carbocycles. The third-order valence-electron chi connectivity index (χ3n) is 3.33. The fraction of sp³-hybridized carbons (Fsp3) is 0.667. The largest absolute Gasteiger partial charge is 0.317 e. The minimum Gasteiger partial charge on any atom is -0.317 e. The average Bonchev–Trinajstić information content (AvgIpc) is 3.03. The Morgan fingerprint density at radius 1 is 1.21 bits per heavy atom. The summed E-state index contributed by atoms with van der Waals surface area (Å²) in [6, 6.07) is 0. The van der Waals surface area contributed by atoms with Crippen LogP contribution in [0.15, 0.2) is 0 Å². The predicted molar refractivity (Wildman–Crippen MR) is 72.8 cm³/mol. The molecule has 0 radical (unpaired) electrons. The van der Waals surface area contributed by atoms with Gasteiger partial charge in [-0.25, -0.2) is 0 Å². The van der Waals surface area contributed by atoms with Crippen LogP contribution in [0.1, 0.15) is 40.4 Å². The second-order valence-electron chi connectivity index (χ2n) is 5.19. The molecule has 2 heterocycles. The second kappa shape index (κ2) is 4.97. The number of hydrogen-bond acceptors (Lipinski definition) is 6. The van der Waals surface area contributed by atoms with Crippen LogP contribution in [0.4, 0.5) is 0 Å². The van der Waals surface area contributed by atoms with Crippen LogP contribution in [0, 0.1) is 6.92 Å². The van der Waals surface area contributed by atoms with Crippen LogP contribution in [0.25, 0.3) is 0 Å². The average molecular weight is 278 g/mol. The summed E-state index contributed by atoms with van der Waals surface area (Å²) in [4.78, 5) is 2.20. The number of rotatable bonds is 5. The first-order chi connectivity index (χ1) is 9.13. The van der Waals surface area contributed by atoms with Crippen molar-refractivity contribution in [3.05, 3.63) is 21.7 Å². The van der Waals surface area contributed by atoms with Gasteiger partial charge in [0.05, 0.1) is 13.1 Å². The normalized spacial score (nSPS) is 15.4. The van der Waals surface area contributed by atoms with Crippen molar-refractivity contribution in [1.82, 2.24) is 29.9 Å². The third-order valence-corrected chi connectivity index (χ3v) is 4.15. The SMILES string of the molecule is Cc1nnc(CN(C)Cc2nnc(C3CC3)n2C)s1. The molecule has 7 heteroatoms. The Labute approximate surface area is 116 Å². The van der Waals surface area contributed by atoms with Crippen molar-refractivity contribution < 1.29 is 0 Å². The molecule has 0 saturated heterocycles. The molecule has 1 aliphatic carbocycles. The van der Waals surface area contributed by atoms with E-state index in [1.54, 1.807) is 11.3 Å². The molecule has 0 N–H and O–H groups in total. The van der Waals surface area contributed by atoms with Gasteiger partial charge in [-0.05, 0) is 26.8 Å². The van der Waals surface area contributed by atoms with E-state index in [4.69, 9.17) is 0 Å². The van der Waals surface area contributed by atoms with Crippen molar-refractivity contribution in [2.75, 3.05) is 7.05 Å². The zero-order chi connectivity index (χ0) is 13.4. The first-order valence-electron chi connectivity index (χ1n) is 6.49. The maximum atomic E-state index is 4.30. The monoisotopic (exact) mass is 278 g/mol. The molecule has 0 amide bonds. The minimum absolute atomic E-state index is 0.641. The summed E-state index contributed by atoms with van der Waals surface area (Å²) in [6.07, 6.45) is 2.51. The zero-order valence-corrected chi connectivity index (χ0v) is 12.3. The summed E-state index contributed by atoms with van der Waals surface area (Å²) in [5.74, 6) is 2.79. The van der Waals surface area contributed by atoms with Crippen LogP contribution in [-0.4, -0.2) is 36.9 Å². The van der Waals surface area contributed by atoms with Gasteiger partial charge in [0.1, 0.15) is 21.7 Å². The zero-order valence-electron chi connectivity index (χ0n) is 11.5. The van der Waals surface area contributed by atoms with Gasteiger partial charge in [-0.2, -0.15) is 0 Å². The Bertz CT molecular complexity index is 571. The van der Waals surface area contributed by atoms with E-state index < -0.39 is 0 Å². The molecular weight excluding hydrogens is 260 g/mol. The molecule has 102 valence electrons. The van der Waals surface area contributed by atoms with Crippen LogP contribution < -0.4 is 0 Å². The fourth-order valence-corrected chi connectivity index (χ4v) is 2.93. The quantitative estimate of drug-likeness (QED) is 0.829. The van der Waals surface area contributed by atoms with Gasteiger partial charge in [0.25, 0.3) is 0 Å². The molecule has 2 aromatic heterocycles. The maximum absolute atomic E-state index is 4.30. The number of nitrogens with zero attached hydrogens (tertiary/aromatic N) is 6. The highest BCUT2D eigenvalue weighted by Gasteiger charge is 2.29. The highest BCUT2D eigenvalue weighted by atomic mass is 32.1. The van der Waals surface area contributed by atoms with Gasteiger partial charge < -0.3 is 4.57 Å². The number of aromatic nitrogens is 5. The van der Waals surface area contributed by atoms with Gasteiger partial charge in [-0.3, -0.25) is 4.90 Å². The van der Waals surface area contributed by atoms with Crippen molar-refractivity contribution in [3.8, 4) is 0 Å². The van der Waals surface area contributed by atoms with Gasteiger partial charge in [-0.1, -0.05) is 0 Å². The third kappa shape index (κ3) is 2.82. The molecule has 1 fully saturated rings. The number of aryl methyl sites for hydroxylation is 1. The van der Waals surface area contributed by atoms with E-state index in [0.29, 0.717) is 5.92 Å². The van der Waals surface area contributed by atoms with Gasteiger partial charge in [0.2, 0.25) is 0 Å². The smallest absolute Gasteiger partial charge is 0.146 e. The van der Waals surface area contributed by atoms with Crippen LogP contribution in [0.5, 0.6) is 0 Å². The fourth-order valence-electron chi connectivity index (χ4n) is 2.14. The van der Waals surface area contributed by atoms with Crippen LogP contribution in [0.3, 0.4) is 0 Å². The molecule has 2 aromatic rings. The lowest BCUT2D eigenvalue weighted by atomic mass is 10.4. The Hall–Kier alpha value is -1.34. The summed E-state index contributed by atoms with van der Waals surface area (Å²) in [7, 11) is 4.13. The molecule has 0 spiro atoms. The van der Waals surface area contributed by atoms with E-state index in [1.807, 2.05) is 6.92 Å². The van der Waals surface area contributed by atoms with E-state index in [0.717, 1.165) is 34.8 Å². The first-order valence-corrected chi connectivity index (χ1v) is 7.31. The van der Waals surface area contributed by atoms with Gasteiger partial charge in [-0.15, -0.1) is 31.7 Å². The van der Waals surface area contributed by atoms with Crippen molar-refractivity contribution in [2.24, 2.45) is 7.05 Å². The molecule has 1 aliphatic rings. The van der Waals surface area contributed by atoms with Crippen LogP contribution in [-0.2, 0) is 20.1 Å². The van der Waals surface area contributed by atoms with Crippen molar-refractivity contribution in [1.29, 1.82) is 0 Å². The van der Waals surface area contributed by atoms with E-state index in [2.05, 4.69) is 44.0 Å².